The van der Waals surface area contributed by atoms with Gasteiger partial charge in [-0.15, -0.1) is 0 Å². The number of nitrogens with two attached hydrogens (primary N) is 1. The Morgan fingerprint density at radius 1 is 0.966 bits per heavy atom. The van der Waals surface area contributed by atoms with E-state index >= 15 is 4.39 Å². The van der Waals surface area contributed by atoms with E-state index in [0.717, 1.165) is 32.5 Å². The highest BCUT2D eigenvalue weighted by molar-refractivity contribution is 7.97. The van der Waals surface area contributed by atoms with Crippen molar-refractivity contribution in [2.75, 3.05) is 5.73 Å². The molecule has 6 heteroatoms. The predicted octanol–water partition coefficient (Wildman–Crippen LogP) is 6.01. The maximum absolute atomic E-state index is 15.1. The second-order valence-corrected chi connectivity index (χ2v) is 8.86. The van der Waals surface area contributed by atoms with Gasteiger partial charge in [0.25, 0.3) is 0 Å². The average Bonchev–Trinajstić information content (AvgIpc) is 3.06. The Balaban J connectivity index is 1.70. The summed E-state index contributed by atoms with van der Waals surface area (Å²) in [5, 5.41) is 7.66. The largest absolute Gasteiger partial charge is 0.382 e. The third-order valence-corrected chi connectivity index (χ3v) is 5.83. The van der Waals surface area contributed by atoms with Crippen LogP contribution in [0, 0.1) is 5.82 Å². The van der Waals surface area contributed by atoms with Gasteiger partial charge in [0.2, 0.25) is 0 Å². The number of nitrogens with one attached hydrogen (secondary N) is 2. The molecule has 0 amide bonds. The van der Waals surface area contributed by atoms with E-state index in [-0.39, 0.29) is 11.4 Å². The van der Waals surface area contributed by atoms with Gasteiger partial charge in [-0.1, -0.05) is 36.4 Å². The number of fused-ring (bicyclic) bond motifs is 1. The van der Waals surface area contributed by atoms with Crippen molar-refractivity contribution in [2.24, 2.45) is 0 Å². The van der Waals surface area contributed by atoms with Crippen molar-refractivity contribution in [3.63, 3.8) is 0 Å². The van der Waals surface area contributed by atoms with Gasteiger partial charge in [0.15, 0.2) is 5.82 Å². The van der Waals surface area contributed by atoms with E-state index in [4.69, 9.17) is 5.73 Å². The maximum Gasteiger partial charge on any atom is 0.153 e. The number of aromatic amines is 1. The van der Waals surface area contributed by atoms with Crippen LogP contribution in [0.25, 0.3) is 33.2 Å². The molecule has 0 atom stereocenters. The van der Waals surface area contributed by atoms with E-state index < -0.39 is 0 Å². The number of rotatable bonds is 4. The minimum absolute atomic E-state index is 0.0273. The molecule has 4 N–H and O–H groups in total. The molecule has 3 aromatic carbocycles. The molecular weight excluding hydrogens is 383 g/mol. The molecule has 4 nitrogen and oxygen atoms in total. The first kappa shape index (κ1) is 19.5. The van der Waals surface area contributed by atoms with Crippen LogP contribution < -0.4 is 10.5 Å². The van der Waals surface area contributed by atoms with Crippen LogP contribution >= 0.6 is 11.9 Å². The SMILES string of the molecule is CC(C)(C)NSc1ccccc1-c1ccc(-c2ccc3[nH]nc(N)c3c2)c(F)c1. The zero-order valence-electron chi connectivity index (χ0n) is 16.6. The molecule has 29 heavy (non-hydrogen) atoms. The van der Waals surface area contributed by atoms with Crippen LogP contribution in [0.5, 0.6) is 0 Å². The lowest BCUT2D eigenvalue weighted by atomic mass is 9.99. The number of nitrogens with zero attached hydrogens (tertiary/aromatic N) is 1. The van der Waals surface area contributed by atoms with E-state index in [2.05, 4.69) is 35.7 Å². The third-order valence-electron chi connectivity index (χ3n) is 4.54. The van der Waals surface area contributed by atoms with Crippen molar-refractivity contribution in [1.82, 2.24) is 14.9 Å². The molecule has 148 valence electrons. The second kappa shape index (κ2) is 7.54. The lowest BCUT2D eigenvalue weighted by molar-refractivity contribution is 0.535. The second-order valence-electron chi connectivity index (χ2n) is 8.01. The number of anilines is 1. The smallest absolute Gasteiger partial charge is 0.153 e. The van der Waals surface area contributed by atoms with E-state index in [1.807, 2.05) is 54.6 Å². The summed E-state index contributed by atoms with van der Waals surface area (Å²) in [4.78, 5) is 1.06. The van der Waals surface area contributed by atoms with Crippen molar-refractivity contribution >= 4 is 28.7 Å². The maximum atomic E-state index is 15.1. The molecule has 0 unspecified atom stereocenters. The van der Waals surface area contributed by atoms with Crippen molar-refractivity contribution in [1.29, 1.82) is 0 Å². The summed E-state index contributed by atoms with van der Waals surface area (Å²) in [6, 6.07) is 19.0. The molecule has 0 spiro atoms. The quantitative estimate of drug-likeness (QED) is 0.363. The number of hydrogen-bond donors (Lipinski definition) is 3. The van der Waals surface area contributed by atoms with E-state index in [1.165, 1.54) is 0 Å². The Bertz CT molecular complexity index is 1180. The van der Waals surface area contributed by atoms with Crippen LogP contribution in [-0.4, -0.2) is 15.7 Å². The molecule has 0 radical (unpaired) electrons. The number of aromatic nitrogens is 2. The zero-order valence-corrected chi connectivity index (χ0v) is 17.4. The zero-order chi connectivity index (χ0) is 20.6. The van der Waals surface area contributed by atoms with Gasteiger partial charge < -0.3 is 5.73 Å². The Morgan fingerprint density at radius 2 is 1.69 bits per heavy atom. The van der Waals surface area contributed by atoms with Crippen molar-refractivity contribution < 1.29 is 4.39 Å². The molecule has 0 aliphatic carbocycles. The summed E-state index contributed by atoms with van der Waals surface area (Å²) in [7, 11) is 0. The summed E-state index contributed by atoms with van der Waals surface area (Å²) in [6.07, 6.45) is 0. The number of nitrogen functional groups attached to an aromatic ring is 1. The number of benzene rings is 3. The third kappa shape index (κ3) is 4.13. The van der Waals surface area contributed by atoms with E-state index in [0.29, 0.717) is 11.4 Å². The standard InChI is InChI=1S/C23H23FN4S/c1-23(2,3)28-29-21-7-5-4-6-17(21)15-8-10-16(19(24)13-15)14-9-11-20-18(12-14)22(25)27-26-20/h4-13,28H,1-3H3,(H3,25,26,27). The van der Waals surface area contributed by atoms with Crippen LogP contribution in [0.3, 0.4) is 0 Å². The Morgan fingerprint density at radius 3 is 2.45 bits per heavy atom. The fourth-order valence-corrected chi connectivity index (χ4v) is 3.98. The van der Waals surface area contributed by atoms with Crippen LogP contribution in [0.2, 0.25) is 0 Å². The van der Waals surface area contributed by atoms with Crippen LogP contribution in [0.4, 0.5) is 10.2 Å². The Kier molecular flexibility index (Phi) is 5.06. The van der Waals surface area contributed by atoms with E-state index in [1.54, 1.807) is 18.0 Å². The summed E-state index contributed by atoms with van der Waals surface area (Å²) < 4.78 is 18.5. The van der Waals surface area contributed by atoms with Gasteiger partial charge >= 0.3 is 0 Å². The number of H-pyrrole nitrogens is 1. The Labute approximate surface area is 173 Å². The lowest BCUT2D eigenvalue weighted by Crippen LogP contribution is -2.29. The van der Waals surface area contributed by atoms with Crippen LogP contribution in [0.1, 0.15) is 20.8 Å². The molecule has 0 aliphatic heterocycles. The highest BCUT2D eigenvalue weighted by Crippen LogP contribution is 2.34. The highest BCUT2D eigenvalue weighted by atomic mass is 32.2. The summed E-state index contributed by atoms with van der Waals surface area (Å²) in [5.41, 5.74) is 9.84. The van der Waals surface area contributed by atoms with Crippen molar-refractivity contribution in [3.8, 4) is 22.3 Å². The first-order chi connectivity index (χ1) is 13.8. The molecule has 4 rings (SSSR count). The van der Waals surface area contributed by atoms with Gasteiger partial charge in [0.1, 0.15) is 5.82 Å². The van der Waals surface area contributed by atoms with Gasteiger partial charge in [0.05, 0.1) is 5.52 Å². The lowest BCUT2D eigenvalue weighted by Gasteiger charge is -2.20. The molecule has 0 aliphatic rings. The summed E-state index contributed by atoms with van der Waals surface area (Å²) >= 11 is 1.56. The molecular formula is C23H23FN4S. The molecule has 1 aromatic heterocycles. The molecule has 4 aromatic rings. The average molecular weight is 407 g/mol. The van der Waals surface area contributed by atoms with Gasteiger partial charge in [-0.25, -0.2) is 4.39 Å². The Hall–Kier alpha value is -2.83. The molecule has 0 saturated heterocycles. The minimum Gasteiger partial charge on any atom is -0.382 e. The van der Waals surface area contributed by atoms with Crippen molar-refractivity contribution in [3.05, 3.63) is 66.5 Å². The van der Waals surface area contributed by atoms with Crippen molar-refractivity contribution in [2.45, 2.75) is 31.2 Å². The highest BCUT2D eigenvalue weighted by Gasteiger charge is 2.14. The molecule has 1 heterocycles. The molecule has 0 bridgehead atoms. The van der Waals surface area contributed by atoms with Crippen LogP contribution in [0.15, 0.2) is 65.6 Å². The number of halogens is 1. The predicted molar refractivity (Wildman–Crippen MR) is 120 cm³/mol. The van der Waals surface area contributed by atoms with Gasteiger partial charge in [-0.05, 0) is 73.7 Å². The molecule has 0 fully saturated rings. The minimum atomic E-state index is -0.271. The summed E-state index contributed by atoms with van der Waals surface area (Å²) in [5.74, 6) is 0.142. The fourth-order valence-electron chi connectivity index (χ4n) is 3.12. The van der Waals surface area contributed by atoms with Gasteiger partial charge in [-0.2, -0.15) is 5.10 Å². The van der Waals surface area contributed by atoms with E-state index in [9.17, 15) is 0 Å². The van der Waals surface area contributed by atoms with Gasteiger partial charge in [0, 0.05) is 21.4 Å². The first-order valence-electron chi connectivity index (χ1n) is 9.39. The summed E-state index contributed by atoms with van der Waals surface area (Å²) in [6.45, 7) is 6.34. The van der Waals surface area contributed by atoms with Gasteiger partial charge in [-0.3, -0.25) is 9.82 Å². The molecule has 0 saturated carbocycles. The normalized spacial score (nSPS) is 11.9. The topological polar surface area (TPSA) is 66.7 Å². The monoisotopic (exact) mass is 406 g/mol. The van der Waals surface area contributed by atoms with Crippen LogP contribution in [-0.2, 0) is 0 Å². The first-order valence-corrected chi connectivity index (χ1v) is 10.2. The number of hydrogen-bond acceptors (Lipinski definition) is 4. The fraction of sp³-hybridized carbons (Fsp3) is 0.174.